The summed E-state index contributed by atoms with van der Waals surface area (Å²) in [4.78, 5) is 17.2. The number of rotatable bonds is 7. The molecule has 1 amide bonds. The molecule has 6 nitrogen and oxygen atoms in total. The molecule has 4 rings (SSSR count). The number of nitrogens with two attached hydrogens (primary N) is 1. The predicted octanol–water partition coefficient (Wildman–Crippen LogP) is 3.61. The maximum Gasteiger partial charge on any atom is 0.251 e. The van der Waals surface area contributed by atoms with Gasteiger partial charge in [-0.25, -0.2) is 4.98 Å². The molecule has 0 saturated heterocycles. The van der Waals surface area contributed by atoms with Crippen molar-refractivity contribution in [2.24, 2.45) is 5.73 Å². The van der Waals surface area contributed by atoms with E-state index in [4.69, 9.17) is 10.7 Å². The molecule has 0 aliphatic rings. The number of nitrogens with one attached hydrogen (secondary N) is 2. The van der Waals surface area contributed by atoms with Crippen LogP contribution in [0.5, 0.6) is 0 Å². The van der Waals surface area contributed by atoms with Crippen molar-refractivity contribution in [3.8, 4) is 11.3 Å². The van der Waals surface area contributed by atoms with E-state index in [0.717, 1.165) is 17.1 Å². The van der Waals surface area contributed by atoms with Crippen molar-refractivity contribution >= 4 is 17.4 Å². The van der Waals surface area contributed by atoms with Crippen molar-refractivity contribution in [3.63, 3.8) is 0 Å². The van der Waals surface area contributed by atoms with Gasteiger partial charge in [-0.1, -0.05) is 60.2 Å². The van der Waals surface area contributed by atoms with Crippen molar-refractivity contribution in [1.82, 2.24) is 14.7 Å². The van der Waals surface area contributed by atoms with E-state index in [2.05, 4.69) is 54.0 Å². The Morgan fingerprint density at radius 2 is 1.83 bits per heavy atom. The minimum Gasteiger partial charge on any atom is -0.365 e. The fourth-order valence-electron chi connectivity index (χ4n) is 3.34. The monoisotopic (exact) mass is 399 g/mol. The Morgan fingerprint density at radius 3 is 2.57 bits per heavy atom. The van der Waals surface area contributed by atoms with Gasteiger partial charge in [0.05, 0.1) is 0 Å². The SMILES string of the molecule is Cc1ccc(-c2nc3cc(C(=O)NCCN)ccn3c2NCc2ccccc2)cc1. The number of pyridine rings is 1. The van der Waals surface area contributed by atoms with E-state index in [1.165, 1.54) is 11.1 Å². The number of fused-ring (bicyclic) bond motifs is 1. The number of carbonyl (C=O) groups is 1. The number of aryl methyl sites for hydroxylation is 1. The van der Waals surface area contributed by atoms with Gasteiger partial charge in [0.25, 0.3) is 5.91 Å². The number of amides is 1. The molecule has 30 heavy (non-hydrogen) atoms. The summed E-state index contributed by atoms with van der Waals surface area (Å²) in [5, 5.41) is 6.33. The van der Waals surface area contributed by atoms with Crippen LogP contribution in [-0.2, 0) is 6.54 Å². The van der Waals surface area contributed by atoms with E-state index >= 15 is 0 Å². The summed E-state index contributed by atoms with van der Waals surface area (Å²) in [6.45, 7) is 3.58. The van der Waals surface area contributed by atoms with Gasteiger partial charge >= 0.3 is 0 Å². The smallest absolute Gasteiger partial charge is 0.251 e. The van der Waals surface area contributed by atoms with Gasteiger partial charge in [-0.15, -0.1) is 0 Å². The summed E-state index contributed by atoms with van der Waals surface area (Å²) in [6, 6.07) is 22.1. The molecule has 0 spiro atoms. The zero-order valence-electron chi connectivity index (χ0n) is 16.9. The lowest BCUT2D eigenvalue weighted by molar-refractivity contribution is 0.0954. The molecule has 2 aromatic heterocycles. The third kappa shape index (κ3) is 4.18. The van der Waals surface area contributed by atoms with E-state index in [1.807, 2.05) is 28.8 Å². The Labute approximate surface area is 175 Å². The second-order valence-electron chi connectivity index (χ2n) is 7.20. The standard InChI is InChI=1S/C24H25N5O/c1-17-7-9-19(10-8-17)22-23(27-16-18-5-3-2-4-6-18)29-14-11-20(15-21(29)28-22)24(30)26-13-12-25/h2-11,14-15,27H,12-13,16,25H2,1H3,(H,26,30). The highest BCUT2D eigenvalue weighted by Gasteiger charge is 2.16. The van der Waals surface area contributed by atoms with Gasteiger partial charge in [-0.3, -0.25) is 9.20 Å². The van der Waals surface area contributed by atoms with Gasteiger partial charge in [0.2, 0.25) is 0 Å². The van der Waals surface area contributed by atoms with E-state index in [0.29, 0.717) is 30.8 Å². The average molecular weight is 399 g/mol. The molecule has 0 aliphatic heterocycles. The van der Waals surface area contributed by atoms with Crippen LogP contribution >= 0.6 is 0 Å². The molecule has 4 N–H and O–H groups in total. The fraction of sp³-hybridized carbons (Fsp3) is 0.167. The van der Waals surface area contributed by atoms with E-state index in [-0.39, 0.29) is 5.91 Å². The van der Waals surface area contributed by atoms with E-state index in [1.54, 1.807) is 12.1 Å². The second kappa shape index (κ2) is 8.80. The largest absolute Gasteiger partial charge is 0.365 e. The lowest BCUT2D eigenvalue weighted by Crippen LogP contribution is -2.29. The van der Waals surface area contributed by atoms with Gasteiger partial charge in [0.1, 0.15) is 17.2 Å². The summed E-state index contributed by atoms with van der Waals surface area (Å²) in [5.74, 6) is 0.744. The number of carbonyl (C=O) groups excluding carboxylic acids is 1. The molecule has 0 fully saturated rings. The molecule has 0 unspecified atom stereocenters. The van der Waals surface area contributed by atoms with E-state index in [9.17, 15) is 4.79 Å². The molecular weight excluding hydrogens is 374 g/mol. The zero-order chi connectivity index (χ0) is 20.9. The van der Waals surface area contributed by atoms with E-state index < -0.39 is 0 Å². The number of nitrogens with zero attached hydrogens (tertiary/aromatic N) is 2. The first-order valence-corrected chi connectivity index (χ1v) is 10.0. The molecule has 6 heteroatoms. The summed E-state index contributed by atoms with van der Waals surface area (Å²) in [7, 11) is 0. The summed E-state index contributed by atoms with van der Waals surface area (Å²) >= 11 is 0. The van der Waals surface area contributed by atoms with Gasteiger partial charge in [0.15, 0.2) is 0 Å². The molecule has 0 atom stereocenters. The first-order chi connectivity index (χ1) is 14.7. The first kappa shape index (κ1) is 19.7. The van der Waals surface area contributed by atoms with Crippen molar-refractivity contribution in [2.45, 2.75) is 13.5 Å². The maximum absolute atomic E-state index is 12.3. The quantitative estimate of drug-likeness (QED) is 0.443. The number of hydrogen-bond donors (Lipinski definition) is 3. The number of imidazole rings is 1. The molecule has 0 radical (unpaired) electrons. The molecule has 0 aliphatic carbocycles. The van der Waals surface area contributed by atoms with Crippen LogP contribution in [0.3, 0.4) is 0 Å². The van der Waals surface area contributed by atoms with Crippen LogP contribution < -0.4 is 16.4 Å². The van der Waals surface area contributed by atoms with Crippen LogP contribution in [0.25, 0.3) is 16.9 Å². The lowest BCUT2D eigenvalue weighted by Gasteiger charge is -2.10. The third-order valence-corrected chi connectivity index (χ3v) is 4.95. The first-order valence-electron chi connectivity index (χ1n) is 10.0. The second-order valence-corrected chi connectivity index (χ2v) is 7.20. The Morgan fingerprint density at radius 1 is 1.07 bits per heavy atom. The lowest BCUT2D eigenvalue weighted by atomic mass is 10.1. The number of benzene rings is 2. The van der Waals surface area contributed by atoms with Crippen LogP contribution in [0.1, 0.15) is 21.5 Å². The molecule has 2 heterocycles. The van der Waals surface area contributed by atoms with Crippen molar-refractivity contribution < 1.29 is 4.79 Å². The van der Waals surface area contributed by atoms with Crippen LogP contribution in [0, 0.1) is 6.92 Å². The van der Waals surface area contributed by atoms with Crippen LogP contribution in [0.4, 0.5) is 5.82 Å². The predicted molar refractivity (Wildman–Crippen MR) is 121 cm³/mol. The van der Waals surface area contributed by atoms with Crippen LogP contribution in [-0.4, -0.2) is 28.4 Å². The summed E-state index contributed by atoms with van der Waals surface area (Å²) < 4.78 is 1.98. The minimum absolute atomic E-state index is 0.151. The van der Waals surface area contributed by atoms with Gasteiger partial charge in [0, 0.05) is 37.0 Å². The summed E-state index contributed by atoms with van der Waals surface area (Å²) in [5.41, 5.74) is 11.0. The molecular formula is C24H25N5O. The van der Waals surface area contributed by atoms with Gasteiger partial charge in [-0.2, -0.15) is 0 Å². The average Bonchev–Trinajstić information content (AvgIpc) is 3.15. The molecule has 0 saturated carbocycles. The normalized spacial score (nSPS) is 10.9. The third-order valence-electron chi connectivity index (χ3n) is 4.95. The topological polar surface area (TPSA) is 84.5 Å². The maximum atomic E-state index is 12.3. The molecule has 0 bridgehead atoms. The van der Waals surface area contributed by atoms with Crippen molar-refractivity contribution in [1.29, 1.82) is 0 Å². The van der Waals surface area contributed by atoms with Gasteiger partial charge < -0.3 is 16.4 Å². The zero-order valence-corrected chi connectivity index (χ0v) is 16.9. The van der Waals surface area contributed by atoms with Crippen molar-refractivity contribution in [2.75, 3.05) is 18.4 Å². The summed E-state index contributed by atoms with van der Waals surface area (Å²) in [6.07, 6.45) is 1.88. The number of aromatic nitrogens is 2. The van der Waals surface area contributed by atoms with Crippen LogP contribution in [0.15, 0.2) is 72.9 Å². The fourth-order valence-corrected chi connectivity index (χ4v) is 3.34. The Hall–Kier alpha value is -3.64. The highest BCUT2D eigenvalue weighted by Crippen LogP contribution is 2.30. The van der Waals surface area contributed by atoms with Crippen LogP contribution in [0.2, 0.25) is 0 Å². The Balaban J connectivity index is 1.74. The molecule has 152 valence electrons. The highest BCUT2D eigenvalue weighted by molar-refractivity contribution is 5.95. The number of hydrogen-bond acceptors (Lipinski definition) is 4. The van der Waals surface area contributed by atoms with Gasteiger partial charge in [-0.05, 0) is 24.6 Å². The minimum atomic E-state index is -0.151. The molecule has 4 aromatic rings. The highest BCUT2D eigenvalue weighted by atomic mass is 16.1. The van der Waals surface area contributed by atoms with Crippen molar-refractivity contribution in [3.05, 3.63) is 89.6 Å². The molecule has 2 aromatic carbocycles. The Bertz CT molecular complexity index is 1150. The number of anilines is 1. The Kier molecular flexibility index (Phi) is 5.77.